The van der Waals surface area contributed by atoms with Gasteiger partial charge in [0, 0.05) is 6.42 Å². The van der Waals surface area contributed by atoms with E-state index in [4.69, 9.17) is 4.74 Å². The Balaban J connectivity index is 2.48. The van der Waals surface area contributed by atoms with Crippen molar-refractivity contribution in [3.8, 4) is 0 Å². The zero-order valence-corrected chi connectivity index (χ0v) is 12.3. The fourth-order valence-corrected chi connectivity index (χ4v) is 2.36. The summed E-state index contributed by atoms with van der Waals surface area (Å²) in [6, 6.07) is 0. The minimum absolute atomic E-state index is 0.0819. The average molecular weight is 272 g/mol. The molecule has 19 heavy (non-hydrogen) atoms. The number of alkyl halides is 2. The van der Waals surface area contributed by atoms with E-state index in [1.54, 1.807) is 6.08 Å². The second-order valence-corrected chi connectivity index (χ2v) is 5.33. The second kappa shape index (κ2) is 8.47. The van der Waals surface area contributed by atoms with Gasteiger partial charge in [-0.15, -0.1) is 0 Å². The molecule has 1 aliphatic rings. The van der Waals surface area contributed by atoms with Gasteiger partial charge in [-0.05, 0) is 30.4 Å². The lowest BCUT2D eigenvalue weighted by Gasteiger charge is -2.24. The Kier molecular flexibility index (Phi) is 7.29. The minimum atomic E-state index is -1.19. The van der Waals surface area contributed by atoms with E-state index in [1.165, 1.54) is 6.42 Å². The highest BCUT2D eigenvalue weighted by Gasteiger charge is 2.22. The Labute approximate surface area is 115 Å². The Morgan fingerprint density at radius 2 is 2.11 bits per heavy atom. The van der Waals surface area contributed by atoms with Crippen LogP contribution in [-0.4, -0.2) is 25.6 Å². The molecule has 0 aliphatic heterocycles. The van der Waals surface area contributed by atoms with Gasteiger partial charge < -0.3 is 4.74 Å². The first-order valence-electron chi connectivity index (χ1n) is 7.33. The zero-order valence-electron chi connectivity index (χ0n) is 12.3. The molecule has 0 fully saturated rings. The molecule has 3 atom stereocenters. The highest BCUT2D eigenvalue weighted by atomic mass is 19.1. The van der Waals surface area contributed by atoms with Crippen LogP contribution in [0.25, 0.3) is 0 Å². The van der Waals surface area contributed by atoms with Gasteiger partial charge in [-0.3, -0.25) is 0 Å². The van der Waals surface area contributed by atoms with Crippen molar-refractivity contribution in [3.05, 3.63) is 23.3 Å². The van der Waals surface area contributed by atoms with Crippen molar-refractivity contribution in [2.24, 2.45) is 5.92 Å². The van der Waals surface area contributed by atoms with E-state index in [1.807, 2.05) is 13.0 Å². The van der Waals surface area contributed by atoms with Crippen molar-refractivity contribution in [3.63, 3.8) is 0 Å². The fraction of sp³-hybridized carbons (Fsp3) is 0.750. The van der Waals surface area contributed by atoms with Crippen LogP contribution < -0.4 is 0 Å². The summed E-state index contributed by atoms with van der Waals surface area (Å²) in [5.74, 6) is 0.578. The molecular formula is C16H26F2O. The molecule has 0 saturated heterocycles. The van der Waals surface area contributed by atoms with Crippen LogP contribution in [0.15, 0.2) is 23.3 Å². The molecule has 0 bridgehead atoms. The summed E-state index contributed by atoms with van der Waals surface area (Å²) in [7, 11) is 0. The monoisotopic (exact) mass is 272 g/mol. The van der Waals surface area contributed by atoms with Crippen molar-refractivity contribution in [1.29, 1.82) is 0 Å². The standard InChI is InChI=1S/C16H26F2O/c1-4-6-13(5-2)11-19-12(3)14-7-8-15(10-17)16(18)9-14/h7-8,12-13,16H,4-6,9-11H2,1-3H3. The van der Waals surface area contributed by atoms with E-state index in [0.29, 0.717) is 5.92 Å². The Hall–Kier alpha value is -0.700. The maximum absolute atomic E-state index is 13.6. The minimum Gasteiger partial charge on any atom is -0.374 e. The van der Waals surface area contributed by atoms with Gasteiger partial charge in [0.15, 0.2) is 0 Å². The summed E-state index contributed by atoms with van der Waals surface area (Å²) in [6.45, 7) is 6.31. The predicted molar refractivity (Wildman–Crippen MR) is 75.8 cm³/mol. The summed E-state index contributed by atoms with van der Waals surface area (Å²) < 4.78 is 32.0. The number of halogens is 2. The van der Waals surface area contributed by atoms with Gasteiger partial charge in [-0.2, -0.15) is 0 Å². The number of allylic oxidation sites excluding steroid dienone is 3. The van der Waals surface area contributed by atoms with Crippen LogP contribution in [0.1, 0.15) is 46.5 Å². The molecule has 0 saturated carbocycles. The molecule has 0 spiro atoms. The Morgan fingerprint density at radius 3 is 2.63 bits per heavy atom. The number of hydrogen-bond acceptors (Lipinski definition) is 1. The molecule has 0 amide bonds. The molecule has 0 aromatic heterocycles. The summed E-state index contributed by atoms with van der Waals surface area (Å²) in [4.78, 5) is 0. The molecule has 1 nitrogen and oxygen atoms in total. The second-order valence-electron chi connectivity index (χ2n) is 5.33. The van der Waals surface area contributed by atoms with Gasteiger partial charge >= 0.3 is 0 Å². The third-order valence-electron chi connectivity index (χ3n) is 3.86. The highest BCUT2D eigenvalue weighted by molar-refractivity contribution is 5.29. The number of hydrogen-bond donors (Lipinski definition) is 0. The van der Waals surface area contributed by atoms with Gasteiger partial charge in [0.2, 0.25) is 0 Å². The van der Waals surface area contributed by atoms with Gasteiger partial charge in [0.1, 0.15) is 12.8 Å². The van der Waals surface area contributed by atoms with Crippen LogP contribution in [0, 0.1) is 5.92 Å². The molecule has 0 N–H and O–H groups in total. The van der Waals surface area contributed by atoms with Crippen LogP contribution in [0.2, 0.25) is 0 Å². The zero-order chi connectivity index (χ0) is 14.3. The van der Waals surface area contributed by atoms with Crippen LogP contribution in [0.5, 0.6) is 0 Å². The first-order chi connectivity index (χ1) is 9.12. The van der Waals surface area contributed by atoms with Crippen LogP contribution >= 0.6 is 0 Å². The topological polar surface area (TPSA) is 9.23 Å². The van der Waals surface area contributed by atoms with Crippen molar-refractivity contribution in [1.82, 2.24) is 0 Å². The van der Waals surface area contributed by atoms with Crippen LogP contribution in [-0.2, 0) is 4.74 Å². The molecule has 110 valence electrons. The molecule has 0 radical (unpaired) electrons. The number of rotatable bonds is 8. The molecule has 1 aliphatic carbocycles. The first kappa shape index (κ1) is 16.4. The van der Waals surface area contributed by atoms with Crippen molar-refractivity contribution in [2.75, 3.05) is 13.3 Å². The van der Waals surface area contributed by atoms with E-state index < -0.39 is 12.8 Å². The summed E-state index contributed by atoms with van der Waals surface area (Å²) in [6.07, 6.45) is 5.81. The Morgan fingerprint density at radius 1 is 1.37 bits per heavy atom. The molecule has 0 aromatic rings. The lowest BCUT2D eigenvalue weighted by atomic mass is 9.94. The normalized spacial score (nSPS) is 22.7. The lowest BCUT2D eigenvalue weighted by molar-refractivity contribution is 0.0536. The molecular weight excluding hydrogens is 246 g/mol. The quantitative estimate of drug-likeness (QED) is 0.617. The average Bonchev–Trinajstić information content (AvgIpc) is 2.42. The fourth-order valence-electron chi connectivity index (χ4n) is 2.36. The van der Waals surface area contributed by atoms with Gasteiger partial charge in [0.25, 0.3) is 0 Å². The molecule has 3 unspecified atom stereocenters. The molecule has 0 aromatic carbocycles. The van der Waals surface area contributed by atoms with Crippen molar-refractivity contribution in [2.45, 2.75) is 58.7 Å². The summed E-state index contributed by atoms with van der Waals surface area (Å²) in [5.41, 5.74) is 1.17. The predicted octanol–water partition coefficient (Wildman–Crippen LogP) is 4.78. The van der Waals surface area contributed by atoms with Crippen molar-refractivity contribution < 1.29 is 13.5 Å². The molecule has 3 heteroatoms. The molecule has 0 heterocycles. The Bertz CT molecular complexity index is 323. The van der Waals surface area contributed by atoms with E-state index >= 15 is 0 Å². The van der Waals surface area contributed by atoms with E-state index in [2.05, 4.69) is 13.8 Å². The smallest absolute Gasteiger partial charge is 0.128 e. The van der Waals surface area contributed by atoms with E-state index in [0.717, 1.165) is 25.0 Å². The van der Waals surface area contributed by atoms with Crippen molar-refractivity contribution >= 4 is 0 Å². The summed E-state index contributed by atoms with van der Waals surface area (Å²) >= 11 is 0. The lowest BCUT2D eigenvalue weighted by Crippen LogP contribution is -2.22. The van der Waals surface area contributed by atoms with Crippen LogP contribution in [0.3, 0.4) is 0 Å². The largest absolute Gasteiger partial charge is 0.374 e. The maximum Gasteiger partial charge on any atom is 0.128 e. The number of ether oxygens (including phenoxy) is 1. The summed E-state index contributed by atoms with van der Waals surface area (Å²) in [5, 5.41) is 0. The third-order valence-corrected chi connectivity index (χ3v) is 3.86. The van der Waals surface area contributed by atoms with Gasteiger partial charge in [0.05, 0.1) is 12.7 Å². The van der Waals surface area contributed by atoms with Gasteiger partial charge in [-0.1, -0.05) is 38.8 Å². The van der Waals surface area contributed by atoms with Crippen LogP contribution in [0.4, 0.5) is 8.78 Å². The van der Waals surface area contributed by atoms with E-state index in [9.17, 15) is 8.78 Å². The van der Waals surface area contributed by atoms with E-state index in [-0.39, 0.29) is 18.1 Å². The SMILES string of the molecule is CCCC(CC)COC(C)C1=CC=C(CF)C(F)C1. The third kappa shape index (κ3) is 5.06. The highest BCUT2D eigenvalue weighted by Crippen LogP contribution is 2.26. The first-order valence-corrected chi connectivity index (χ1v) is 7.33. The molecule has 1 rings (SSSR count). The van der Waals surface area contributed by atoms with Gasteiger partial charge in [-0.25, -0.2) is 8.78 Å². The maximum atomic E-state index is 13.6.